The molecule has 0 aliphatic rings. The second kappa shape index (κ2) is 11.5. The van der Waals surface area contributed by atoms with Crippen molar-refractivity contribution < 1.29 is 9.47 Å². The van der Waals surface area contributed by atoms with E-state index in [2.05, 4.69) is 71.3 Å². The molecule has 0 aromatic heterocycles. The minimum absolute atomic E-state index is 0.534. The molecular weight excluding hydrogens is 358 g/mol. The van der Waals surface area contributed by atoms with Crippen molar-refractivity contribution >= 4 is 17.7 Å². The van der Waals surface area contributed by atoms with Gasteiger partial charge in [-0.05, 0) is 42.5 Å². The summed E-state index contributed by atoms with van der Waals surface area (Å²) in [5.74, 6) is 1.63. The highest BCUT2D eigenvalue weighted by molar-refractivity contribution is 7.98. The van der Waals surface area contributed by atoms with Crippen molar-refractivity contribution in [3.63, 3.8) is 0 Å². The van der Waals surface area contributed by atoms with E-state index in [4.69, 9.17) is 9.47 Å². The largest absolute Gasteiger partial charge is 0.491 e. The smallest absolute Gasteiger partial charge is 0.191 e. The average Bonchev–Trinajstić information content (AvgIpc) is 2.70. The number of hydrogen-bond acceptors (Lipinski definition) is 4. The monoisotopic (exact) mass is 387 g/mol. The molecule has 27 heavy (non-hydrogen) atoms. The number of ether oxygens (including phenoxy) is 2. The van der Waals surface area contributed by atoms with Crippen molar-refractivity contribution in [2.24, 2.45) is 4.99 Å². The standard InChI is InChI=1S/C21H29N3O2S/c1-16-5-8-18(20(13-16)26-12-11-25-3)15-24-21(22-2)23-14-17-6-9-19(27-4)10-7-17/h5-10,13H,11-12,14-15H2,1-4H3,(H2,22,23,24). The normalized spacial score (nSPS) is 11.3. The van der Waals surface area contributed by atoms with Crippen LogP contribution in [0.15, 0.2) is 52.4 Å². The zero-order valence-corrected chi connectivity index (χ0v) is 17.4. The molecule has 0 saturated heterocycles. The number of guanidine groups is 1. The molecule has 0 atom stereocenters. The number of benzene rings is 2. The van der Waals surface area contributed by atoms with Crippen molar-refractivity contribution in [1.82, 2.24) is 10.6 Å². The zero-order chi connectivity index (χ0) is 19.5. The quantitative estimate of drug-likeness (QED) is 0.298. The number of hydrogen-bond donors (Lipinski definition) is 2. The first-order valence-corrected chi connectivity index (χ1v) is 10.2. The summed E-state index contributed by atoms with van der Waals surface area (Å²) in [6, 6.07) is 14.8. The maximum atomic E-state index is 5.85. The zero-order valence-electron chi connectivity index (χ0n) is 16.5. The summed E-state index contributed by atoms with van der Waals surface area (Å²) >= 11 is 1.75. The fourth-order valence-corrected chi connectivity index (χ4v) is 2.91. The van der Waals surface area contributed by atoms with E-state index in [1.807, 2.05) is 0 Å². The van der Waals surface area contributed by atoms with E-state index in [1.54, 1.807) is 25.9 Å². The van der Waals surface area contributed by atoms with Crippen molar-refractivity contribution in [3.05, 3.63) is 59.2 Å². The molecule has 5 nitrogen and oxygen atoms in total. The second-order valence-corrected chi connectivity index (χ2v) is 6.96. The third-order valence-electron chi connectivity index (χ3n) is 4.06. The minimum atomic E-state index is 0.534. The first-order valence-electron chi connectivity index (χ1n) is 8.95. The van der Waals surface area contributed by atoms with E-state index in [9.17, 15) is 0 Å². The third kappa shape index (κ3) is 7.15. The van der Waals surface area contributed by atoms with Gasteiger partial charge < -0.3 is 20.1 Å². The maximum Gasteiger partial charge on any atom is 0.191 e. The van der Waals surface area contributed by atoms with Crippen LogP contribution < -0.4 is 15.4 Å². The highest BCUT2D eigenvalue weighted by Gasteiger charge is 2.06. The summed E-state index contributed by atoms with van der Waals surface area (Å²) in [4.78, 5) is 5.57. The van der Waals surface area contributed by atoms with Crippen molar-refractivity contribution in [2.75, 3.05) is 33.6 Å². The first-order chi connectivity index (χ1) is 13.2. The third-order valence-corrected chi connectivity index (χ3v) is 4.80. The molecular formula is C21H29N3O2S. The highest BCUT2D eigenvalue weighted by atomic mass is 32.2. The summed E-state index contributed by atoms with van der Waals surface area (Å²) in [6.07, 6.45) is 2.08. The lowest BCUT2D eigenvalue weighted by atomic mass is 10.1. The van der Waals surface area contributed by atoms with E-state index in [0.717, 1.165) is 23.8 Å². The van der Waals surface area contributed by atoms with Crippen molar-refractivity contribution in [2.45, 2.75) is 24.9 Å². The van der Waals surface area contributed by atoms with Gasteiger partial charge >= 0.3 is 0 Å². The highest BCUT2D eigenvalue weighted by Crippen LogP contribution is 2.20. The minimum Gasteiger partial charge on any atom is -0.491 e. The van der Waals surface area contributed by atoms with Gasteiger partial charge in [-0.25, -0.2) is 0 Å². The molecule has 0 unspecified atom stereocenters. The summed E-state index contributed by atoms with van der Waals surface area (Å²) in [5, 5.41) is 6.70. The van der Waals surface area contributed by atoms with Crippen molar-refractivity contribution in [3.8, 4) is 5.75 Å². The molecule has 0 spiro atoms. The van der Waals surface area contributed by atoms with Crippen molar-refractivity contribution in [1.29, 1.82) is 0 Å². The lowest BCUT2D eigenvalue weighted by Crippen LogP contribution is -2.36. The predicted octanol–water partition coefficient (Wildman–Crippen LogP) is 3.61. The van der Waals surface area contributed by atoms with Crippen LogP contribution in [0.1, 0.15) is 16.7 Å². The van der Waals surface area contributed by atoms with E-state index in [-0.39, 0.29) is 0 Å². The fourth-order valence-electron chi connectivity index (χ4n) is 2.51. The van der Waals surface area contributed by atoms with Gasteiger partial charge in [-0.15, -0.1) is 11.8 Å². The summed E-state index contributed by atoms with van der Waals surface area (Å²) in [5.41, 5.74) is 3.47. The Morgan fingerprint density at radius 1 is 1.04 bits per heavy atom. The summed E-state index contributed by atoms with van der Waals surface area (Å²) in [7, 11) is 3.45. The molecule has 0 saturated carbocycles. The van der Waals surface area contributed by atoms with Crippen LogP contribution >= 0.6 is 11.8 Å². The molecule has 6 heteroatoms. The van der Waals surface area contributed by atoms with Crippen LogP contribution in [0.2, 0.25) is 0 Å². The Bertz CT molecular complexity index is 733. The molecule has 0 bridgehead atoms. The number of nitrogens with zero attached hydrogens (tertiary/aromatic N) is 1. The van der Waals surface area contributed by atoms with Crippen LogP contribution in [0.4, 0.5) is 0 Å². The number of thioether (sulfide) groups is 1. The lowest BCUT2D eigenvalue weighted by Gasteiger charge is -2.15. The Kier molecular flexibility index (Phi) is 9.01. The maximum absolute atomic E-state index is 5.85. The van der Waals surface area contributed by atoms with Gasteiger partial charge in [0.05, 0.1) is 6.61 Å². The molecule has 2 rings (SSSR count). The molecule has 0 aliphatic carbocycles. The van der Waals surface area contributed by atoms with Gasteiger partial charge in [-0.3, -0.25) is 4.99 Å². The van der Waals surface area contributed by atoms with Crippen LogP contribution in [-0.2, 0) is 17.8 Å². The predicted molar refractivity (Wildman–Crippen MR) is 114 cm³/mol. The van der Waals surface area contributed by atoms with Gasteiger partial charge in [0, 0.05) is 37.7 Å². The van der Waals surface area contributed by atoms with Gasteiger partial charge in [0.15, 0.2) is 5.96 Å². The van der Waals surface area contributed by atoms with Gasteiger partial charge in [0.25, 0.3) is 0 Å². The number of aliphatic imine (C=N–C) groups is 1. The topological polar surface area (TPSA) is 54.9 Å². The van der Waals surface area contributed by atoms with Crippen LogP contribution in [0, 0.1) is 6.92 Å². The number of rotatable bonds is 9. The Labute approximate surface area is 166 Å². The van der Waals surface area contributed by atoms with E-state index in [1.165, 1.54) is 16.0 Å². The first kappa shape index (κ1) is 21.1. The Balaban J connectivity index is 1.91. The molecule has 146 valence electrons. The molecule has 0 amide bonds. The summed E-state index contributed by atoms with van der Waals surface area (Å²) < 4.78 is 10.9. The van der Waals surface area contributed by atoms with Crippen LogP contribution in [0.3, 0.4) is 0 Å². The Morgan fingerprint density at radius 3 is 2.44 bits per heavy atom. The number of nitrogens with one attached hydrogen (secondary N) is 2. The van der Waals surface area contributed by atoms with Crippen LogP contribution in [0.5, 0.6) is 5.75 Å². The summed E-state index contributed by atoms with van der Waals surface area (Å²) in [6.45, 7) is 4.52. The molecule has 2 aromatic rings. The van der Waals surface area contributed by atoms with E-state index in [0.29, 0.717) is 19.8 Å². The Morgan fingerprint density at radius 2 is 1.78 bits per heavy atom. The number of methoxy groups -OCH3 is 1. The van der Waals surface area contributed by atoms with Gasteiger partial charge in [-0.1, -0.05) is 24.3 Å². The molecule has 0 aliphatic heterocycles. The van der Waals surface area contributed by atoms with Crippen LogP contribution in [0.25, 0.3) is 0 Å². The molecule has 0 heterocycles. The average molecular weight is 388 g/mol. The molecule has 2 N–H and O–H groups in total. The molecule has 2 aromatic carbocycles. The van der Waals surface area contributed by atoms with E-state index < -0.39 is 0 Å². The lowest BCUT2D eigenvalue weighted by molar-refractivity contribution is 0.145. The molecule has 0 radical (unpaired) electrons. The van der Waals surface area contributed by atoms with E-state index >= 15 is 0 Å². The second-order valence-electron chi connectivity index (χ2n) is 6.08. The fraction of sp³-hybridized carbons (Fsp3) is 0.381. The van der Waals surface area contributed by atoms with Gasteiger partial charge in [0.2, 0.25) is 0 Å². The van der Waals surface area contributed by atoms with Gasteiger partial charge in [-0.2, -0.15) is 0 Å². The van der Waals surface area contributed by atoms with Crippen LogP contribution in [-0.4, -0.2) is 39.6 Å². The van der Waals surface area contributed by atoms with Gasteiger partial charge in [0.1, 0.15) is 12.4 Å². The SMILES string of the molecule is CN=C(NCc1ccc(SC)cc1)NCc1ccc(C)cc1OCCOC. The number of aryl methyl sites for hydroxylation is 1. The molecule has 0 fully saturated rings. The Hall–Kier alpha value is -2.18.